The Morgan fingerprint density at radius 2 is 1.92 bits per heavy atom. The SMILES string of the molecule is CCN(CC[N+](C)(C)C)c1ccc(N=Nc2nc(C)c(C)s2)c(Cl)c1. The van der Waals surface area contributed by atoms with Crippen molar-refractivity contribution in [1.29, 1.82) is 0 Å². The average molecular weight is 381 g/mol. The molecular weight excluding hydrogens is 354 g/mol. The van der Waals surface area contributed by atoms with E-state index in [0.717, 1.165) is 40.4 Å². The Labute approximate surface area is 159 Å². The van der Waals surface area contributed by atoms with Crippen molar-refractivity contribution < 1.29 is 4.48 Å². The van der Waals surface area contributed by atoms with Crippen molar-refractivity contribution in [3.63, 3.8) is 0 Å². The summed E-state index contributed by atoms with van der Waals surface area (Å²) in [5.41, 5.74) is 2.77. The number of aromatic nitrogens is 1. The van der Waals surface area contributed by atoms with E-state index in [4.69, 9.17) is 11.6 Å². The lowest BCUT2D eigenvalue weighted by atomic mass is 10.2. The average Bonchev–Trinajstić information content (AvgIpc) is 2.84. The van der Waals surface area contributed by atoms with Gasteiger partial charge >= 0.3 is 0 Å². The molecule has 0 N–H and O–H groups in total. The van der Waals surface area contributed by atoms with Crippen LogP contribution < -0.4 is 4.90 Å². The maximum absolute atomic E-state index is 6.42. The normalized spacial score (nSPS) is 12.1. The Kier molecular flexibility index (Phi) is 6.54. The lowest BCUT2D eigenvalue weighted by Gasteiger charge is -2.29. The molecule has 2 rings (SSSR count). The number of thiazole rings is 1. The number of nitrogens with zero attached hydrogens (tertiary/aromatic N) is 5. The molecule has 0 spiro atoms. The summed E-state index contributed by atoms with van der Waals surface area (Å²) >= 11 is 7.96. The highest BCUT2D eigenvalue weighted by Gasteiger charge is 2.13. The number of likely N-dealkylation sites (N-methyl/N-ethyl adjacent to an activating group) is 2. The topological polar surface area (TPSA) is 40.9 Å². The maximum atomic E-state index is 6.42. The van der Waals surface area contributed by atoms with Gasteiger partial charge in [-0.25, -0.2) is 4.98 Å². The van der Waals surface area contributed by atoms with Gasteiger partial charge in [-0.15, -0.1) is 10.2 Å². The summed E-state index contributed by atoms with van der Waals surface area (Å²) < 4.78 is 0.934. The molecule has 0 saturated heterocycles. The fraction of sp³-hybridized carbons (Fsp3) is 0.500. The predicted octanol–water partition coefficient (Wildman–Crippen LogP) is 5.36. The molecule has 0 saturated carbocycles. The number of aryl methyl sites for hydroxylation is 2. The third-order valence-corrected chi connectivity index (χ3v) is 5.24. The van der Waals surface area contributed by atoms with Gasteiger partial charge in [0.05, 0.1) is 44.9 Å². The van der Waals surface area contributed by atoms with Crippen LogP contribution in [0.15, 0.2) is 28.4 Å². The first-order valence-electron chi connectivity index (χ1n) is 8.40. The maximum Gasteiger partial charge on any atom is 0.230 e. The third kappa shape index (κ3) is 5.76. The first-order chi connectivity index (χ1) is 11.7. The van der Waals surface area contributed by atoms with Crippen LogP contribution in [-0.2, 0) is 0 Å². The number of benzene rings is 1. The molecular formula is C18H27ClN5S+. The van der Waals surface area contributed by atoms with Crippen molar-refractivity contribution in [2.24, 2.45) is 10.2 Å². The number of azo groups is 1. The highest BCUT2D eigenvalue weighted by atomic mass is 35.5. The summed E-state index contributed by atoms with van der Waals surface area (Å²) in [4.78, 5) is 7.85. The molecule has 1 aromatic carbocycles. The zero-order chi connectivity index (χ0) is 18.6. The second-order valence-electron chi connectivity index (χ2n) is 7.07. The summed E-state index contributed by atoms with van der Waals surface area (Å²) in [6, 6.07) is 5.94. The highest BCUT2D eigenvalue weighted by Crippen LogP contribution is 2.32. The van der Waals surface area contributed by atoms with E-state index in [1.807, 2.05) is 26.0 Å². The van der Waals surface area contributed by atoms with Crippen LogP contribution in [0.1, 0.15) is 17.5 Å². The molecule has 0 radical (unpaired) electrons. The van der Waals surface area contributed by atoms with Gasteiger partial charge in [0, 0.05) is 17.1 Å². The number of quaternary nitrogens is 1. The summed E-state index contributed by atoms with van der Waals surface area (Å²) in [6.07, 6.45) is 0. The van der Waals surface area contributed by atoms with Gasteiger partial charge in [0.15, 0.2) is 0 Å². The largest absolute Gasteiger partial charge is 0.366 e. The molecule has 0 aliphatic carbocycles. The molecule has 1 aromatic heterocycles. The number of hydrogen-bond donors (Lipinski definition) is 0. The van der Waals surface area contributed by atoms with Crippen molar-refractivity contribution in [1.82, 2.24) is 4.98 Å². The van der Waals surface area contributed by atoms with E-state index >= 15 is 0 Å². The van der Waals surface area contributed by atoms with Crippen LogP contribution in [0, 0.1) is 13.8 Å². The number of anilines is 1. The van der Waals surface area contributed by atoms with Crippen molar-refractivity contribution >= 4 is 39.4 Å². The van der Waals surface area contributed by atoms with Gasteiger partial charge in [-0.1, -0.05) is 22.9 Å². The van der Waals surface area contributed by atoms with Crippen LogP contribution >= 0.6 is 22.9 Å². The minimum absolute atomic E-state index is 0.606. The van der Waals surface area contributed by atoms with E-state index < -0.39 is 0 Å². The number of halogens is 1. The smallest absolute Gasteiger partial charge is 0.230 e. The minimum atomic E-state index is 0.606. The molecule has 1 heterocycles. The Morgan fingerprint density at radius 1 is 1.20 bits per heavy atom. The zero-order valence-corrected chi connectivity index (χ0v) is 17.4. The van der Waals surface area contributed by atoms with Gasteiger partial charge in [-0.2, -0.15) is 0 Å². The Hall–Kier alpha value is -1.50. The van der Waals surface area contributed by atoms with Crippen LogP contribution in [-0.4, -0.2) is 50.2 Å². The standard InChI is InChI=1S/C18H27ClN5S/c1-7-23(10-11-24(4,5)6)15-8-9-17(16(19)12-15)21-22-18-20-13(2)14(3)25-18/h8-9,12H,7,10-11H2,1-6H3/q+1. The first-order valence-corrected chi connectivity index (χ1v) is 9.60. The van der Waals surface area contributed by atoms with E-state index in [1.165, 1.54) is 11.3 Å². The molecule has 0 unspecified atom stereocenters. The van der Waals surface area contributed by atoms with Gasteiger partial charge in [0.25, 0.3) is 0 Å². The Bertz CT molecular complexity index is 729. The van der Waals surface area contributed by atoms with Crippen molar-refractivity contribution in [2.75, 3.05) is 45.7 Å². The van der Waals surface area contributed by atoms with Gasteiger partial charge in [0.2, 0.25) is 5.13 Å². The monoisotopic (exact) mass is 380 g/mol. The summed E-state index contributed by atoms with van der Waals surface area (Å²) in [5, 5.41) is 9.74. The molecule has 0 fully saturated rings. The van der Waals surface area contributed by atoms with Crippen LogP contribution in [0.5, 0.6) is 0 Å². The fourth-order valence-corrected chi connectivity index (χ4v) is 3.20. The van der Waals surface area contributed by atoms with Gasteiger partial charge in [-0.3, -0.25) is 0 Å². The number of rotatable bonds is 7. The van der Waals surface area contributed by atoms with E-state index in [0.29, 0.717) is 15.8 Å². The summed E-state index contributed by atoms with van der Waals surface area (Å²) in [7, 11) is 6.60. The highest BCUT2D eigenvalue weighted by molar-refractivity contribution is 7.15. The first kappa shape index (κ1) is 19.8. The quantitative estimate of drug-likeness (QED) is 0.479. The molecule has 2 aromatic rings. The van der Waals surface area contributed by atoms with E-state index in [-0.39, 0.29) is 0 Å². The van der Waals surface area contributed by atoms with Crippen molar-refractivity contribution in [2.45, 2.75) is 20.8 Å². The third-order valence-electron chi connectivity index (χ3n) is 3.98. The number of hydrogen-bond acceptors (Lipinski definition) is 5. The molecule has 0 amide bonds. The van der Waals surface area contributed by atoms with Crippen LogP contribution in [0.3, 0.4) is 0 Å². The zero-order valence-electron chi connectivity index (χ0n) is 15.9. The second kappa shape index (κ2) is 8.25. The molecule has 5 nitrogen and oxygen atoms in total. The fourth-order valence-electron chi connectivity index (χ4n) is 2.26. The van der Waals surface area contributed by atoms with E-state index in [9.17, 15) is 0 Å². The Balaban J connectivity index is 2.13. The second-order valence-corrected chi connectivity index (χ2v) is 8.66. The van der Waals surface area contributed by atoms with Gasteiger partial charge in [0.1, 0.15) is 5.69 Å². The molecule has 7 heteroatoms. The Morgan fingerprint density at radius 3 is 2.44 bits per heavy atom. The predicted molar refractivity (Wildman–Crippen MR) is 108 cm³/mol. The van der Waals surface area contributed by atoms with Crippen molar-refractivity contribution in [3.05, 3.63) is 33.8 Å². The van der Waals surface area contributed by atoms with E-state index in [2.05, 4.69) is 54.2 Å². The lowest BCUT2D eigenvalue weighted by Crippen LogP contribution is -2.42. The summed E-state index contributed by atoms with van der Waals surface area (Å²) in [5.74, 6) is 0. The molecule has 136 valence electrons. The summed E-state index contributed by atoms with van der Waals surface area (Å²) in [6.45, 7) is 9.15. The van der Waals surface area contributed by atoms with E-state index in [1.54, 1.807) is 0 Å². The van der Waals surface area contributed by atoms with Crippen molar-refractivity contribution in [3.8, 4) is 0 Å². The molecule has 0 atom stereocenters. The molecule has 0 aliphatic rings. The molecule has 25 heavy (non-hydrogen) atoms. The van der Waals surface area contributed by atoms with Crippen LogP contribution in [0.2, 0.25) is 5.02 Å². The van der Waals surface area contributed by atoms with Crippen LogP contribution in [0.4, 0.5) is 16.5 Å². The van der Waals surface area contributed by atoms with Gasteiger partial charge in [-0.05, 0) is 39.0 Å². The lowest BCUT2D eigenvalue weighted by molar-refractivity contribution is -0.868. The molecule has 0 aliphatic heterocycles. The molecule has 0 bridgehead atoms. The minimum Gasteiger partial charge on any atom is -0.366 e. The van der Waals surface area contributed by atoms with Gasteiger partial charge < -0.3 is 9.38 Å². The van der Waals surface area contributed by atoms with Crippen LogP contribution in [0.25, 0.3) is 0 Å².